The average molecular weight is 337 g/mol. The van der Waals surface area contributed by atoms with Gasteiger partial charge in [0.15, 0.2) is 0 Å². The number of carbonyl (C=O) groups is 1. The fraction of sp³-hybridized carbons (Fsp3) is 0.263. The Bertz CT molecular complexity index is 868. The Morgan fingerprint density at radius 1 is 1.25 bits per heavy atom. The molecule has 1 aliphatic rings. The molecular formula is C19H19N3OS. The number of thiophene rings is 1. The van der Waals surface area contributed by atoms with Crippen LogP contribution in [-0.2, 0) is 6.54 Å². The summed E-state index contributed by atoms with van der Waals surface area (Å²) in [5, 5.41) is 3.37. The Hall–Kier alpha value is -2.40. The second-order valence-corrected chi connectivity index (χ2v) is 7.08. The summed E-state index contributed by atoms with van der Waals surface area (Å²) in [5.41, 5.74) is 1.83. The topological polar surface area (TPSA) is 36.4 Å². The van der Waals surface area contributed by atoms with Gasteiger partial charge in [-0.1, -0.05) is 18.2 Å². The second kappa shape index (κ2) is 6.24. The molecule has 1 saturated heterocycles. The maximum Gasteiger partial charge on any atom is 0.255 e. The highest BCUT2D eigenvalue weighted by Crippen LogP contribution is 2.27. The van der Waals surface area contributed by atoms with Gasteiger partial charge < -0.3 is 9.80 Å². The maximum absolute atomic E-state index is 12.6. The highest BCUT2D eigenvalue weighted by Gasteiger charge is 2.18. The minimum Gasteiger partial charge on any atom is -0.356 e. The van der Waals surface area contributed by atoms with Gasteiger partial charge in [-0.2, -0.15) is 0 Å². The van der Waals surface area contributed by atoms with Crippen LogP contribution >= 0.6 is 11.3 Å². The molecule has 1 aliphatic heterocycles. The zero-order valence-corrected chi connectivity index (χ0v) is 14.4. The van der Waals surface area contributed by atoms with E-state index in [-0.39, 0.29) is 5.91 Å². The van der Waals surface area contributed by atoms with Gasteiger partial charge in [0.2, 0.25) is 0 Å². The second-order valence-electron chi connectivity index (χ2n) is 6.16. The van der Waals surface area contributed by atoms with E-state index in [4.69, 9.17) is 0 Å². The third kappa shape index (κ3) is 2.76. The number of amides is 1. The fourth-order valence-corrected chi connectivity index (χ4v) is 3.90. The molecule has 2 aromatic heterocycles. The van der Waals surface area contributed by atoms with Crippen LogP contribution in [0.4, 0.5) is 5.82 Å². The Kier molecular flexibility index (Phi) is 3.94. The third-order valence-electron chi connectivity index (χ3n) is 4.49. The van der Waals surface area contributed by atoms with E-state index in [9.17, 15) is 4.79 Å². The van der Waals surface area contributed by atoms with Crippen LogP contribution < -0.4 is 4.90 Å². The lowest BCUT2D eigenvalue weighted by Gasteiger charge is -2.32. The van der Waals surface area contributed by atoms with Gasteiger partial charge in [0, 0.05) is 37.6 Å². The molecule has 0 aliphatic carbocycles. The number of pyridine rings is 1. The van der Waals surface area contributed by atoms with Crippen molar-refractivity contribution in [3.05, 3.63) is 59.1 Å². The first-order valence-electron chi connectivity index (χ1n) is 8.14. The van der Waals surface area contributed by atoms with Crippen molar-refractivity contribution >= 4 is 33.1 Å². The smallest absolute Gasteiger partial charge is 0.255 e. The summed E-state index contributed by atoms with van der Waals surface area (Å²) in [6, 6.07) is 12.1. The summed E-state index contributed by atoms with van der Waals surface area (Å²) >= 11 is 1.72. The number of hydrogen-bond donors (Lipinski definition) is 0. The van der Waals surface area contributed by atoms with E-state index in [0.717, 1.165) is 18.9 Å². The molecule has 3 heterocycles. The highest BCUT2D eigenvalue weighted by atomic mass is 32.1. The summed E-state index contributed by atoms with van der Waals surface area (Å²) < 4.78 is 1.26. The lowest BCUT2D eigenvalue weighted by atomic mass is 10.1. The van der Waals surface area contributed by atoms with Gasteiger partial charge in [-0.05, 0) is 40.9 Å². The molecule has 122 valence electrons. The van der Waals surface area contributed by atoms with Crippen LogP contribution in [0.1, 0.15) is 22.3 Å². The van der Waals surface area contributed by atoms with Gasteiger partial charge in [0.25, 0.3) is 5.91 Å². The Morgan fingerprint density at radius 3 is 2.79 bits per heavy atom. The summed E-state index contributed by atoms with van der Waals surface area (Å²) in [6.45, 7) is 2.73. The van der Waals surface area contributed by atoms with E-state index in [1.165, 1.54) is 22.1 Å². The van der Waals surface area contributed by atoms with Crippen molar-refractivity contribution in [3.8, 4) is 0 Å². The van der Waals surface area contributed by atoms with Crippen LogP contribution in [-0.4, -0.2) is 35.9 Å². The van der Waals surface area contributed by atoms with Gasteiger partial charge >= 0.3 is 0 Å². The van der Waals surface area contributed by atoms with Crippen molar-refractivity contribution in [2.24, 2.45) is 0 Å². The van der Waals surface area contributed by atoms with Gasteiger partial charge in [-0.25, -0.2) is 4.98 Å². The van der Waals surface area contributed by atoms with Crippen molar-refractivity contribution < 1.29 is 4.79 Å². The van der Waals surface area contributed by atoms with Crippen molar-refractivity contribution in [1.29, 1.82) is 0 Å². The number of nitrogens with zero attached hydrogens (tertiary/aromatic N) is 3. The van der Waals surface area contributed by atoms with Gasteiger partial charge in [0.1, 0.15) is 5.82 Å². The minimum atomic E-state index is 0.00735. The van der Waals surface area contributed by atoms with Crippen LogP contribution in [0.3, 0.4) is 0 Å². The van der Waals surface area contributed by atoms with Crippen LogP contribution in [0.25, 0.3) is 10.1 Å². The summed E-state index contributed by atoms with van der Waals surface area (Å²) in [7, 11) is 1.85. The summed E-state index contributed by atoms with van der Waals surface area (Å²) in [5.74, 6) is 0.970. The Balaban J connectivity index is 1.49. The van der Waals surface area contributed by atoms with Crippen LogP contribution in [0.15, 0.2) is 48.0 Å². The number of benzene rings is 1. The largest absolute Gasteiger partial charge is 0.356 e. The first-order chi connectivity index (χ1) is 11.7. The molecule has 1 fully saturated rings. The summed E-state index contributed by atoms with van der Waals surface area (Å²) in [6.07, 6.45) is 2.91. The van der Waals surface area contributed by atoms with E-state index in [1.54, 1.807) is 22.4 Å². The zero-order valence-electron chi connectivity index (χ0n) is 13.6. The van der Waals surface area contributed by atoms with Crippen molar-refractivity contribution in [1.82, 2.24) is 9.88 Å². The van der Waals surface area contributed by atoms with E-state index in [2.05, 4.69) is 27.4 Å². The highest BCUT2D eigenvalue weighted by molar-refractivity contribution is 7.17. The number of fused-ring (bicyclic) bond motifs is 1. The molecule has 1 aromatic carbocycles. The quantitative estimate of drug-likeness (QED) is 0.727. The molecule has 0 atom stereocenters. The normalized spacial score (nSPS) is 13.8. The van der Waals surface area contributed by atoms with Gasteiger partial charge in [-0.3, -0.25) is 4.79 Å². The molecule has 0 radical (unpaired) electrons. The summed E-state index contributed by atoms with van der Waals surface area (Å²) in [4.78, 5) is 21.1. The Morgan fingerprint density at radius 2 is 2.08 bits per heavy atom. The van der Waals surface area contributed by atoms with E-state index in [0.29, 0.717) is 12.1 Å². The molecule has 4 nitrogen and oxygen atoms in total. The molecule has 0 saturated carbocycles. The zero-order chi connectivity index (χ0) is 16.5. The Labute approximate surface area is 145 Å². The fourth-order valence-electron chi connectivity index (χ4n) is 2.95. The van der Waals surface area contributed by atoms with Gasteiger partial charge in [-0.15, -0.1) is 11.3 Å². The molecule has 5 heteroatoms. The van der Waals surface area contributed by atoms with Crippen molar-refractivity contribution in [3.63, 3.8) is 0 Å². The molecule has 3 aromatic rings. The predicted molar refractivity (Wildman–Crippen MR) is 98.7 cm³/mol. The first kappa shape index (κ1) is 15.1. The lowest BCUT2D eigenvalue weighted by molar-refractivity contribution is 0.0785. The number of hydrogen-bond acceptors (Lipinski definition) is 4. The first-order valence-corrected chi connectivity index (χ1v) is 9.02. The number of anilines is 1. The van der Waals surface area contributed by atoms with E-state index < -0.39 is 0 Å². The SMILES string of the molecule is CN(Cc1csc2ccccc12)C(=O)c1ccc(N2CCC2)nc1. The maximum atomic E-state index is 12.6. The molecule has 4 rings (SSSR count). The standard InChI is InChI=1S/C19H19N3OS/c1-21(12-15-13-24-17-6-3-2-5-16(15)17)19(23)14-7-8-18(20-11-14)22-9-4-10-22/h2-3,5-8,11,13H,4,9-10,12H2,1H3. The average Bonchev–Trinajstić information content (AvgIpc) is 2.96. The molecule has 0 unspecified atom stereocenters. The number of rotatable bonds is 4. The van der Waals surface area contributed by atoms with E-state index in [1.807, 2.05) is 31.3 Å². The molecule has 0 spiro atoms. The molecular weight excluding hydrogens is 318 g/mol. The van der Waals surface area contributed by atoms with Crippen LogP contribution in [0.5, 0.6) is 0 Å². The molecule has 24 heavy (non-hydrogen) atoms. The van der Waals surface area contributed by atoms with Gasteiger partial charge in [0.05, 0.1) is 5.56 Å². The molecule has 0 bridgehead atoms. The third-order valence-corrected chi connectivity index (χ3v) is 5.50. The van der Waals surface area contributed by atoms with Crippen LogP contribution in [0, 0.1) is 0 Å². The predicted octanol–water partition coefficient (Wildman–Crippen LogP) is 3.78. The monoisotopic (exact) mass is 337 g/mol. The molecule has 1 amide bonds. The minimum absolute atomic E-state index is 0.00735. The molecule has 0 N–H and O–H groups in total. The van der Waals surface area contributed by atoms with Crippen molar-refractivity contribution in [2.45, 2.75) is 13.0 Å². The lowest BCUT2D eigenvalue weighted by Crippen LogP contribution is -2.37. The van der Waals surface area contributed by atoms with E-state index >= 15 is 0 Å². The van der Waals surface area contributed by atoms with Crippen molar-refractivity contribution in [2.75, 3.05) is 25.0 Å². The number of aromatic nitrogens is 1. The number of carbonyl (C=O) groups excluding carboxylic acids is 1. The van der Waals surface area contributed by atoms with Crippen LogP contribution in [0.2, 0.25) is 0 Å².